The summed E-state index contributed by atoms with van der Waals surface area (Å²) >= 11 is 0. The maximum atomic E-state index is 13.3. The normalized spacial score (nSPS) is 12.4. The number of esters is 1. The monoisotopic (exact) mass is 628 g/mol. The fourth-order valence-corrected chi connectivity index (χ4v) is 5.77. The van der Waals surface area contributed by atoms with E-state index in [9.17, 15) is 19.5 Å². The first kappa shape index (κ1) is 34.1. The quantitative estimate of drug-likeness (QED) is 0.130. The van der Waals surface area contributed by atoms with Crippen LogP contribution < -0.4 is 10.1 Å². The van der Waals surface area contributed by atoms with Gasteiger partial charge in [0.05, 0.1) is 12.1 Å². The molecule has 2 N–H and O–H groups in total. The average Bonchev–Trinajstić information content (AvgIpc) is 3.34. The van der Waals surface area contributed by atoms with Gasteiger partial charge in [0.25, 0.3) is 0 Å². The van der Waals surface area contributed by atoms with Crippen LogP contribution in [0.25, 0.3) is 10.9 Å². The number of rotatable bonds is 12. The molecule has 0 aliphatic carbocycles. The molecule has 0 aliphatic heterocycles. The molecule has 3 aromatic carbocycles. The Labute approximate surface area is 270 Å². The zero-order chi connectivity index (χ0) is 33.6. The highest BCUT2D eigenvalue weighted by Crippen LogP contribution is 2.42. The van der Waals surface area contributed by atoms with E-state index in [4.69, 9.17) is 14.2 Å². The molecule has 0 bridgehead atoms. The van der Waals surface area contributed by atoms with Crippen LogP contribution in [0.15, 0.2) is 66.9 Å². The maximum absolute atomic E-state index is 13.3. The highest BCUT2D eigenvalue weighted by Gasteiger charge is 2.30. The molecule has 0 aliphatic rings. The number of amides is 1. The first-order chi connectivity index (χ1) is 21.7. The number of benzene rings is 3. The summed E-state index contributed by atoms with van der Waals surface area (Å²) in [6.07, 6.45) is 2.07. The Morgan fingerprint density at radius 1 is 1.00 bits per heavy atom. The molecule has 1 aromatic heterocycles. The molecule has 4 aromatic rings. The lowest BCUT2D eigenvalue weighted by atomic mass is 9.78. The molecule has 0 radical (unpaired) electrons. The fourth-order valence-electron chi connectivity index (χ4n) is 5.77. The molecule has 0 fully saturated rings. The molecule has 1 atom stereocenters. The van der Waals surface area contributed by atoms with Crippen molar-refractivity contribution in [3.63, 3.8) is 0 Å². The molecule has 0 saturated carbocycles. The summed E-state index contributed by atoms with van der Waals surface area (Å²) in [6, 6.07) is 17.9. The predicted molar refractivity (Wildman–Crippen MR) is 177 cm³/mol. The van der Waals surface area contributed by atoms with E-state index in [1.807, 2.05) is 76.2 Å². The average molecular weight is 629 g/mol. The van der Waals surface area contributed by atoms with E-state index < -0.39 is 29.1 Å². The van der Waals surface area contributed by atoms with E-state index in [0.717, 1.165) is 27.6 Å². The molecule has 244 valence electrons. The zero-order valence-corrected chi connectivity index (χ0v) is 27.7. The van der Waals surface area contributed by atoms with Crippen LogP contribution in [0.1, 0.15) is 68.9 Å². The lowest BCUT2D eigenvalue weighted by molar-refractivity contribution is -0.147. The number of carbonyl (C=O) groups is 3. The van der Waals surface area contributed by atoms with Crippen molar-refractivity contribution in [3.8, 4) is 11.5 Å². The smallest absolute Gasteiger partial charge is 0.419 e. The second-order valence-electron chi connectivity index (χ2n) is 13.2. The maximum Gasteiger partial charge on any atom is 0.419 e. The predicted octanol–water partition coefficient (Wildman–Crippen LogP) is 6.89. The van der Waals surface area contributed by atoms with Crippen LogP contribution >= 0.6 is 0 Å². The van der Waals surface area contributed by atoms with Crippen LogP contribution in [-0.2, 0) is 37.5 Å². The van der Waals surface area contributed by atoms with Gasteiger partial charge in [-0.05, 0) is 80.8 Å². The summed E-state index contributed by atoms with van der Waals surface area (Å²) in [7, 11) is 0. The van der Waals surface area contributed by atoms with Crippen molar-refractivity contribution in [3.05, 3.63) is 94.7 Å². The lowest BCUT2D eigenvalue weighted by Crippen LogP contribution is -2.39. The van der Waals surface area contributed by atoms with Crippen LogP contribution in [0.5, 0.6) is 11.5 Å². The summed E-state index contributed by atoms with van der Waals surface area (Å²) in [5.74, 6) is 0.261. The Morgan fingerprint density at radius 3 is 2.35 bits per heavy atom. The number of aromatic hydroxyl groups is 1. The van der Waals surface area contributed by atoms with Gasteiger partial charge in [0.1, 0.15) is 29.7 Å². The number of para-hydroxylation sites is 1. The Hall–Kier alpha value is -4.79. The first-order valence-corrected chi connectivity index (χ1v) is 15.4. The molecule has 9 heteroatoms. The second kappa shape index (κ2) is 14.1. The molecular formula is C37H44N2O7. The third kappa shape index (κ3) is 8.07. The van der Waals surface area contributed by atoms with Crippen molar-refractivity contribution >= 4 is 29.4 Å². The standard InChI is InChI=1S/C37H44N2O7/c1-24-19-31(41)32(25(2)33(24)45-22-26-13-9-8-10-14-26)37(6,7)17-18-44-34(42)29(38-23-40)20-27-21-39(35(43)46-36(3,4)5)30-16-12-11-15-28(27)30/h8-16,19,21,23,29,41H,17-18,20,22H2,1-7H3,(H,38,40)/t29-/m0/s1. The first-order valence-electron chi connectivity index (χ1n) is 15.4. The topological polar surface area (TPSA) is 116 Å². The minimum absolute atomic E-state index is 0.0511. The highest BCUT2D eigenvalue weighted by atomic mass is 16.6. The van der Waals surface area contributed by atoms with E-state index >= 15 is 0 Å². The number of nitrogens with zero attached hydrogens (tertiary/aromatic N) is 1. The third-order valence-corrected chi connectivity index (χ3v) is 7.92. The number of aromatic nitrogens is 1. The lowest BCUT2D eigenvalue weighted by Gasteiger charge is -2.30. The third-order valence-electron chi connectivity index (χ3n) is 7.92. The van der Waals surface area contributed by atoms with Crippen molar-refractivity contribution in [1.29, 1.82) is 0 Å². The number of hydrogen-bond donors (Lipinski definition) is 2. The number of phenols is 1. The van der Waals surface area contributed by atoms with Crippen molar-refractivity contribution in [2.75, 3.05) is 6.61 Å². The van der Waals surface area contributed by atoms with Gasteiger partial charge in [0.15, 0.2) is 0 Å². The molecule has 0 unspecified atom stereocenters. The van der Waals surface area contributed by atoms with Gasteiger partial charge in [0, 0.05) is 23.6 Å². The highest BCUT2D eigenvalue weighted by molar-refractivity contribution is 5.92. The second-order valence-corrected chi connectivity index (χ2v) is 13.2. The number of hydrogen-bond acceptors (Lipinski definition) is 7. The van der Waals surface area contributed by atoms with E-state index in [1.165, 1.54) is 4.57 Å². The number of fused-ring (bicyclic) bond motifs is 1. The minimum atomic E-state index is -0.981. The van der Waals surface area contributed by atoms with Gasteiger partial charge in [-0.3, -0.25) is 9.36 Å². The van der Waals surface area contributed by atoms with Gasteiger partial charge in [-0.25, -0.2) is 9.59 Å². The summed E-state index contributed by atoms with van der Waals surface area (Å²) in [5.41, 5.74) is 3.45. The summed E-state index contributed by atoms with van der Waals surface area (Å²) in [6.45, 7) is 13.6. The number of ether oxygens (including phenoxy) is 3. The van der Waals surface area contributed by atoms with E-state index in [2.05, 4.69) is 5.32 Å². The fraction of sp³-hybridized carbons (Fsp3) is 0.378. The van der Waals surface area contributed by atoms with E-state index in [-0.39, 0.29) is 18.8 Å². The van der Waals surface area contributed by atoms with Gasteiger partial charge in [-0.15, -0.1) is 0 Å². The Morgan fingerprint density at radius 2 is 1.67 bits per heavy atom. The number of aryl methyl sites for hydroxylation is 1. The molecule has 9 nitrogen and oxygen atoms in total. The molecule has 46 heavy (non-hydrogen) atoms. The van der Waals surface area contributed by atoms with Gasteiger partial charge in [-0.2, -0.15) is 0 Å². The van der Waals surface area contributed by atoms with Gasteiger partial charge < -0.3 is 24.6 Å². The SMILES string of the molecule is Cc1cc(O)c(C(C)(C)CCOC(=O)[C@H](Cc2cn(C(=O)OC(C)(C)C)c3ccccc23)NC=O)c(C)c1OCc1ccccc1. The van der Waals surface area contributed by atoms with Crippen molar-refractivity contribution < 1.29 is 33.7 Å². The number of carbonyl (C=O) groups excluding carboxylic acids is 3. The summed E-state index contributed by atoms with van der Waals surface area (Å²) in [5, 5.41) is 14.3. The minimum Gasteiger partial charge on any atom is -0.508 e. The molecule has 1 heterocycles. The molecule has 0 spiro atoms. The van der Waals surface area contributed by atoms with E-state index in [1.54, 1.807) is 39.1 Å². The van der Waals surface area contributed by atoms with E-state index in [0.29, 0.717) is 36.3 Å². The van der Waals surface area contributed by atoms with Crippen LogP contribution in [0.2, 0.25) is 0 Å². The Bertz CT molecular complexity index is 1700. The van der Waals surface area contributed by atoms with Crippen molar-refractivity contribution in [2.45, 2.75) is 85.0 Å². The number of phenolic OH excluding ortho intramolecular Hbond substituents is 1. The zero-order valence-electron chi connectivity index (χ0n) is 27.7. The van der Waals surface area contributed by atoms with Gasteiger partial charge >= 0.3 is 12.1 Å². The Kier molecular flexibility index (Phi) is 10.5. The molecule has 1 amide bonds. The van der Waals surface area contributed by atoms with Crippen molar-refractivity contribution in [1.82, 2.24) is 9.88 Å². The van der Waals surface area contributed by atoms with Crippen LogP contribution in [0, 0.1) is 13.8 Å². The van der Waals surface area contributed by atoms with Crippen LogP contribution in [0.4, 0.5) is 4.79 Å². The summed E-state index contributed by atoms with van der Waals surface area (Å²) < 4.78 is 18.9. The van der Waals surface area contributed by atoms with Crippen LogP contribution in [0.3, 0.4) is 0 Å². The van der Waals surface area contributed by atoms with Gasteiger partial charge in [0.2, 0.25) is 6.41 Å². The Balaban J connectivity index is 1.47. The van der Waals surface area contributed by atoms with Crippen molar-refractivity contribution in [2.24, 2.45) is 0 Å². The largest absolute Gasteiger partial charge is 0.508 e. The number of nitrogens with one attached hydrogen (secondary N) is 1. The van der Waals surface area contributed by atoms with Crippen LogP contribution in [-0.4, -0.2) is 46.4 Å². The summed E-state index contributed by atoms with van der Waals surface area (Å²) in [4.78, 5) is 37.7. The molecule has 4 rings (SSSR count). The molecule has 0 saturated heterocycles. The molecular weight excluding hydrogens is 584 g/mol. The van der Waals surface area contributed by atoms with Gasteiger partial charge in [-0.1, -0.05) is 62.4 Å².